The normalized spacial score (nSPS) is 24.4. The molecule has 258 valence electrons. The Morgan fingerprint density at radius 3 is 2.35 bits per heavy atom. The maximum atomic E-state index is 14.1. The van der Waals surface area contributed by atoms with Crippen molar-refractivity contribution in [1.82, 2.24) is 15.0 Å². The van der Waals surface area contributed by atoms with Gasteiger partial charge in [0.1, 0.15) is 17.3 Å². The number of carbonyl (C=O) groups excluding carboxylic acids is 3. The number of nitrogens with zero attached hydrogens (tertiary/aromatic N) is 3. The van der Waals surface area contributed by atoms with Gasteiger partial charge in [0, 0.05) is 56.1 Å². The van der Waals surface area contributed by atoms with Gasteiger partial charge in [-0.3, -0.25) is 19.8 Å². The number of aryl methyl sites for hydroxylation is 1. The van der Waals surface area contributed by atoms with E-state index in [1.807, 2.05) is 23.9 Å². The van der Waals surface area contributed by atoms with Gasteiger partial charge < -0.3 is 15.1 Å². The van der Waals surface area contributed by atoms with Gasteiger partial charge in [-0.15, -0.1) is 33.8 Å². The molecule has 4 aliphatic rings. The minimum absolute atomic E-state index is 0.0560. The van der Waals surface area contributed by atoms with Crippen molar-refractivity contribution < 1.29 is 19.5 Å². The van der Waals surface area contributed by atoms with Crippen molar-refractivity contribution in [2.75, 3.05) is 5.43 Å². The fourth-order valence-corrected chi connectivity index (χ4v) is 10.2. The highest BCUT2D eigenvalue weighted by atomic mass is 32.2. The molecule has 8 rings (SSSR count). The summed E-state index contributed by atoms with van der Waals surface area (Å²) in [6, 6.07) is 18.9. The van der Waals surface area contributed by atoms with E-state index in [0.29, 0.717) is 35.2 Å². The van der Waals surface area contributed by atoms with Gasteiger partial charge in [-0.05, 0) is 81.6 Å². The fraction of sp³-hybridized carbons (Fsp3) is 0.256. The molecule has 5 atom stereocenters. The van der Waals surface area contributed by atoms with E-state index in [9.17, 15) is 19.5 Å². The van der Waals surface area contributed by atoms with E-state index >= 15 is 0 Å². The number of Topliss-reactive ketones (excluding diaryl/α,β-unsaturated/α-hetero) is 1. The van der Waals surface area contributed by atoms with Crippen LogP contribution in [0.2, 0.25) is 0 Å². The molecule has 3 aliphatic carbocycles. The number of anilines is 1. The second-order valence-electron chi connectivity index (χ2n) is 13.3. The number of thioether (sulfide) groups is 2. The number of aromatic nitrogens is 2. The highest BCUT2D eigenvalue weighted by molar-refractivity contribution is 8.04. The molecule has 2 amide bonds. The van der Waals surface area contributed by atoms with Gasteiger partial charge in [-0.1, -0.05) is 41.5 Å². The Balaban J connectivity index is 1.12. The number of aliphatic hydroxyl groups excluding tert-OH is 1. The molecule has 0 spiro atoms. The van der Waals surface area contributed by atoms with Crippen molar-refractivity contribution in [3.8, 4) is 11.3 Å². The first-order valence-electron chi connectivity index (χ1n) is 17.0. The van der Waals surface area contributed by atoms with Gasteiger partial charge in [0.25, 0.3) is 11.8 Å². The third-order valence-electron chi connectivity index (χ3n) is 9.94. The van der Waals surface area contributed by atoms with Gasteiger partial charge in [-0.2, -0.15) is 5.01 Å². The number of carbonyl (C=O) groups is 3. The van der Waals surface area contributed by atoms with Gasteiger partial charge in [0.05, 0.1) is 11.1 Å². The molecular weight excluding hydrogens is 681 g/mol. The number of H-pyrrole nitrogens is 2. The standard InChI is InChI=1S/C39H36N6O4S2/c1-21-7-11-23(12-8-21)50-30-19-27-28(20-31(30)51-24-13-9-22(2)10-14-24)37(47)35(36(27)46)43-42-34-25(29-5-3-17-40-29)15-16-26-33(34)39(49)45(38(26)48)44-32-6-4-18-41-32/h3-13,15-18,24,27-28,30-31,40-41,44,47H,14,19-20H2,1-2H3. The summed E-state index contributed by atoms with van der Waals surface area (Å²) in [6.45, 7) is 4.18. The van der Waals surface area contributed by atoms with E-state index in [4.69, 9.17) is 0 Å². The van der Waals surface area contributed by atoms with E-state index in [1.165, 1.54) is 11.1 Å². The number of allylic oxidation sites excluding steroid dienone is 5. The van der Waals surface area contributed by atoms with Crippen LogP contribution in [0.3, 0.4) is 0 Å². The zero-order valence-corrected chi connectivity index (χ0v) is 29.6. The molecule has 0 radical (unpaired) electrons. The Morgan fingerprint density at radius 2 is 1.63 bits per heavy atom. The third kappa shape index (κ3) is 6.27. The minimum Gasteiger partial charge on any atom is -0.510 e. The monoisotopic (exact) mass is 716 g/mol. The van der Waals surface area contributed by atoms with Crippen molar-refractivity contribution >= 4 is 52.6 Å². The van der Waals surface area contributed by atoms with Crippen molar-refractivity contribution in [1.29, 1.82) is 0 Å². The SMILES string of the molecule is CC1=CCC(SC2CC3C(O)=C(N=Nc4c(-c5ccc[nH]5)ccc5c4C(=O)N(Nc4ccc[nH]4)C5=O)C(=O)C3CC2Sc2ccc(C)cc2)C=C1. The first-order chi connectivity index (χ1) is 24.7. The number of hydrogen-bond donors (Lipinski definition) is 4. The molecule has 51 heavy (non-hydrogen) atoms. The van der Waals surface area contributed by atoms with Crippen LogP contribution >= 0.6 is 23.5 Å². The van der Waals surface area contributed by atoms with E-state index < -0.39 is 17.7 Å². The predicted molar refractivity (Wildman–Crippen MR) is 200 cm³/mol. The zero-order valence-electron chi connectivity index (χ0n) is 28.0. The van der Waals surface area contributed by atoms with Crippen LogP contribution in [0.1, 0.15) is 52.5 Å². The van der Waals surface area contributed by atoms with Gasteiger partial charge >= 0.3 is 0 Å². The van der Waals surface area contributed by atoms with Gasteiger partial charge in [0.15, 0.2) is 11.5 Å². The highest BCUT2D eigenvalue weighted by Crippen LogP contribution is 2.52. The number of hydrogen-bond acceptors (Lipinski definition) is 9. The summed E-state index contributed by atoms with van der Waals surface area (Å²) in [5.41, 5.74) is 6.76. The number of benzene rings is 2. The van der Waals surface area contributed by atoms with E-state index in [1.54, 1.807) is 48.4 Å². The molecule has 12 heteroatoms. The maximum absolute atomic E-state index is 14.1. The van der Waals surface area contributed by atoms with Crippen molar-refractivity contribution in [2.45, 2.75) is 53.8 Å². The Labute approximate surface area is 303 Å². The second kappa shape index (κ2) is 13.6. The number of nitrogens with one attached hydrogen (secondary N) is 3. The van der Waals surface area contributed by atoms with Crippen LogP contribution in [-0.2, 0) is 4.79 Å². The summed E-state index contributed by atoms with van der Waals surface area (Å²) >= 11 is 3.71. The average molecular weight is 717 g/mol. The Hall–Kier alpha value is -5.07. The molecule has 5 unspecified atom stereocenters. The molecule has 0 bridgehead atoms. The fourth-order valence-electron chi connectivity index (χ4n) is 7.25. The summed E-state index contributed by atoms with van der Waals surface area (Å²) in [4.78, 5) is 48.5. The first kappa shape index (κ1) is 33.1. The number of rotatable bonds is 9. The van der Waals surface area contributed by atoms with E-state index in [0.717, 1.165) is 16.3 Å². The first-order valence-corrected chi connectivity index (χ1v) is 18.8. The largest absolute Gasteiger partial charge is 0.510 e. The van der Waals surface area contributed by atoms with Crippen molar-refractivity contribution in [3.63, 3.8) is 0 Å². The number of imide groups is 1. The predicted octanol–water partition coefficient (Wildman–Crippen LogP) is 8.94. The lowest BCUT2D eigenvalue weighted by atomic mass is 9.79. The molecule has 10 nitrogen and oxygen atoms in total. The number of aromatic amines is 2. The lowest BCUT2D eigenvalue weighted by Crippen LogP contribution is -2.37. The van der Waals surface area contributed by atoms with Crippen LogP contribution < -0.4 is 5.43 Å². The summed E-state index contributed by atoms with van der Waals surface area (Å²) < 4.78 is 0. The molecule has 4 aromatic rings. The van der Waals surface area contributed by atoms with Crippen LogP contribution in [-0.4, -0.2) is 53.4 Å². The Morgan fingerprint density at radius 1 is 0.863 bits per heavy atom. The minimum atomic E-state index is -0.603. The number of aliphatic hydroxyl groups is 1. The molecule has 4 N–H and O–H groups in total. The second-order valence-corrected chi connectivity index (χ2v) is 16.1. The highest BCUT2D eigenvalue weighted by Gasteiger charge is 2.50. The van der Waals surface area contributed by atoms with Crippen LogP contribution in [0.25, 0.3) is 11.3 Å². The summed E-state index contributed by atoms with van der Waals surface area (Å²) in [7, 11) is 0. The molecule has 2 aromatic carbocycles. The number of amides is 2. The average Bonchev–Trinajstić information content (AvgIpc) is 3.94. The molecule has 2 aromatic heterocycles. The smallest absolute Gasteiger partial charge is 0.282 e. The third-order valence-corrected chi connectivity index (χ3v) is 13.0. The number of azo groups is 1. The van der Waals surface area contributed by atoms with Crippen molar-refractivity contribution in [2.24, 2.45) is 22.1 Å². The lowest BCUT2D eigenvalue weighted by molar-refractivity contribution is -0.119. The van der Waals surface area contributed by atoms with Gasteiger partial charge in [0.2, 0.25) is 0 Å². The molecule has 3 heterocycles. The summed E-state index contributed by atoms with van der Waals surface area (Å²) in [6.07, 6.45) is 12.3. The van der Waals surface area contributed by atoms with Crippen LogP contribution in [0.4, 0.5) is 11.5 Å². The van der Waals surface area contributed by atoms with Crippen molar-refractivity contribution in [3.05, 3.63) is 125 Å². The molecule has 1 saturated carbocycles. The number of ketones is 1. The quantitative estimate of drug-likeness (QED) is 0.100. The summed E-state index contributed by atoms with van der Waals surface area (Å²) in [5.74, 6) is -1.79. The lowest BCUT2D eigenvalue weighted by Gasteiger charge is -2.38. The molecule has 1 fully saturated rings. The summed E-state index contributed by atoms with van der Waals surface area (Å²) in [5, 5.41) is 22.1. The maximum Gasteiger partial charge on any atom is 0.282 e. The van der Waals surface area contributed by atoms with Crippen LogP contribution in [0.5, 0.6) is 0 Å². The number of fused-ring (bicyclic) bond motifs is 2. The zero-order chi connectivity index (χ0) is 35.2. The topological polar surface area (TPSA) is 143 Å². The Bertz CT molecular complexity index is 2140. The molecular formula is C39H36N6O4S2. The van der Waals surface area contributed by atoms with E-state index in [2.05, 4.69) is 82.0 Å². The Kier molecular flexibility index (Phi) is 8.81. The van der Waals surface area contributed by atoms with Crippen LogP contribution in [0, 0.1) is 18.8 Å². The molecule has 1 aliphatic heterocycles. The molecule has 0 saturated heterocycles. The number of hydrazine groups is 1. The van der Waals surface area contributed by atoms with E-state index in [-0.39, 0.29) is 50.5 Å². The van der Waals surface area contributed by atoms with Gasteiger partial charge in [-0.25, -0.2) is 0 Å². The van der Waals surface area contributed by atoms with Crippen LogP contribution in [0.15, 0.2) is 123 Å².